The minimum absolute atomic E-state index is 0.0513. The molecule has 9 heteroatoms. The van der Waals surface area contributed by atoms with Crippen molar-refractivity contribution in [2.75, 3.05) is 18.5 Å². The third-order valence-corrected chi connectivity index (χ3v) is 12.3. The lowest BCUT2D eigenvalue weighted by atomic mass is 10.2. The van der Waals surface area contributed by atoms with E-state index in [4.69, 9.17) is 12.9 Å². The summed E-state index contributed by atoms with van der Waals surface area (Å²) in [6.45, 7) is 10.9. The second-order valence-electron chi connectivity index (χ2n) is 6.25. The van der Waals surface area contributed by atoms with Gasteiger partial charge in [0.2, 0.25) is 0 Å². The van der Waals surface area contributed by atoms with E-state index < -0.39 is 22.8 Å². The van der Waals surface area contributed by atoms with Gasteiger partial charge in [-0.3, -0.25) is 13.7 Å². The molecule has 6 nitrogen and oxygen atoms in total. The Balaban J connectivity index is 2.85. The van der Waals surface area contributed by atoms with Crippen molar-refractivity contribution in [3.8, 4) is 0 Å². The first-order valence-electron chi connectivity index (χ1n) is 9.04. The summed E-state index contributed by atoms with van der Waals surface area (Å²) in [4.78, 5) is 0. The van der Waals surface area contributed by atoms with Crippen molar-refractivity contribution in [1.82, 2.24) is 0 Å². The maximum atomic E-state index is 13.0. The molecule has 0 radical (unpaired) electrons. The molecular weight excluding hydrogens is 393 g/mol. The topological polar surface area (TPSA) is 78.9 Å². The summed E-state index contributed by atoms with van der Waals surface area (Å²) in [7, 11) is -11.2. The molecule has 1 saturated heterocycles. The van der Waals surface area contributed by atoms with Crippen molar-refractivity contribution < 1.29 is 26.6 Å². The Morgan fingerprint density at radius 1 is 0.538 bits per heavy atom. The smallest absolute Gasteiger partial charge is 0.259 e. The van der Waals surface area contributed by atoms with Crippen LogP contribution in [0.5, 0.6) is 0 Å². The molecule has 1 fully saturated rings. The Bertz CT molecular complexity index is 574. The lowest BCUT2D eigenvalue weighted by Crippen LogP contribution is -2.11. The largest absolute Gasteiger partial charge is 0.345 e. The van der Waals surface area contributed by atoms with Gasteiger partial charge in [-0.2, -0.15) is 0 Å². The molecule has 26 heavy (non-hydrogen) atoms. The van der Waals surface area contributed by atoms with Gasteiger partial charge in [0.15, 0.2) is 0 Å². The Morgan fingerprint density at radius 3 is 1.19 bits per heavy atom. The number of hydrogen-bond donors (Lipinski definition) is 0. The van der Waals surface area contributed by atoms with E-state index in [1.807, 2.05) is 0 Å². The number of unbranched alkanes of at least 4 members (excludes halogenated alkanes) is 5. The summed E-state index contributed by atoms with van der Waals surface area (Å²) in [5.41, 5.74) is 0. The van der Waals surface area contributed by atoms with Crippen LogP contribution < -0.4 is 0 Å². The van der Waals surface area contributed by atoms with Crippen LogP contribution in [-0.2, 0) is 26.6 Å². The molecule has 1 heterocycles. The lowest BCUT2D eigenvalue weighted by molar-refractivity contribution is 0.275. The first-order chi connectivity index (χ1) is 12.3. The van der Waals surface area contributed by atoms with Crippen LogP contribution in [0.15, 0.2) is 38.0 Å². The van der Waals surface area contributed by atoms with Crippen LogP contribution in [0.2, 0.25) is 0 Å². The fourth-order valence-corrected chi connectivity index (χ4v) is 11.9. The normalized spacial score (nSPS) is 31.4. The molecule has 1 aliphatic heterocycles. The molecule has 0 aromatic carbocycles. The maximum Gasteiger partial charge on any atom is 0.345 e. The third kappa shape index (κ3) is 8.65. The highest BCUT2D eigenvalue weighted by Gasteiger charge is 2.51. The zero-order valence-corrected chi connectivity index (χ0v) is 18.1. The first-order valence-corrected chi connectivity index (χ1v) is 14.2. The summed E-state index contributed by atoms with van der Waals surface area (Å²) in [6, 6.07) is 0. The molecule has 0 saturated carbocycles. The molecule has 0 N–H and O–H groups in total. The second kappa shape index (κ2) is 11.6. The lowest BCUT2D eigenvalue weighted by Gasteiger charge is -2.34. The van der Waals surface area contributed by atoms with Gasteiger partial charge in [-0.25, -0.2) is 12.9 Å². The van der Waals surface area contributed by atoms with Crippen LogP contribution in [0.1, 0.15) is 51.4 Å². The highest BCUT2D eigenvalue weighted by molar-refractivity contribution is 7.80. The van der Waals surface area contributed by atoms with E-state index in [0.717, 1.165) is 25.7 Å². The van der Waals surface area contributed by atoms with Crippen LogP contribution in [0, 0.1) is 0 Å². The van der Waals surface area contributed by atoms with Gasteiger partial charge in [0.05, 0.1) is 18.5 Å². The maximum absolute atomic E-state index is 13.0. The summed E-state index contributed by atoms with van der Waals surface area (Å²) < 4.78 is 55.0. The molecule has 2 atom stereocenters. The fourth-order valence-electron chi connectivity index (χ4n) is 2.48. The van der Waals surface area contributed by atoms with E-state index in [1.165, 1.54) is 0 Å². The van der Waals surface area contributed by atoms with Crippen molar-refractivity contribution in [3.05, 3.63) is 38.0 Å². The van der Waals surface area contributed by atoms with E-state index in [-0.39, 0.29) is 18.5 Å². The van der Waals surface area contributed by atoms with E-state index in [0.29, 0.717) is 25.7 Å². The molecule has 0 aromatic rings. The minimum atomic E-state index is -3.74. The number of allylic oxidation sites excluding steroid dienone is 3. The van der Waals surface area contributed by atoms with Crippen LogP contribution in [0.4, 0.5) is 0 Å². The zero-order valence-electron chi connectivity index (χ0n) is 15.4. The standard InChI is InChI=1S/C17H31O6P3/c1-4-7-10-13-16-25(19)21-24(18,15-12-9-6-3)22-26(20,23-25)17-14-11-8-5-2/h4-6H,1-3,7-17H2. The van der Waals surface area contributed by atoms with E-state index >= 15 is 0 Å². The number of hydrogen-bond acceptors (Lipinski definition) is 6. The third-order valence-electron chi connectivity index (χ3n) is 3.77. The molecule has 2 unspecified atom stereocenters. The molecule has 0 bridgehead atoms. The van der Waals surface area contributed by atoms with E-state index in [9.17, 15) is 13.7 Å². The summed E-state index contributed by atoms with van der Waals surface area (Å²) in [6.07, 6.45) is 10.7. The Hall–Kier alpha value is -0.210. The predicted molar refractivity (Wildman–Crippen MR) is 108 cm³/mol. The van der Waals surface area contributed by atoms with Gasteiger partial charge in [0, 0.05) is 0 Å². The summed E-state index contributed by atoms with van der Waals surface area (Å²) >= 11 is 0. The van der Waals surface area contributed by atoms with E-state index in [2.05, 4.69) is 19.7 Å². The van der Waals surface area contributed by atoms with Crippen LogP contribution in [0.3, 0.4) is 0 Å². The molecule has 1 rings (SSSR count). The average Bonchev–Trinajstić information content (AvgIpc) is 2.55. The van der Waals surface area contributed by atoms with Crippen LogP contribution in [-0.4, -0.2) is 18.5 Å². The molecule has 150 valence electrons. The first kappa shape index (κ1) is 23.8. The highest BCUT2D eigenvalue weighted by Crippen LogP contribution is 2.82. The second-order valence-corrected chi connectivity index (χ2v) is 13.2. The fraction of sp³-hybridized carbons (Fsp3) is 0.647. The van der Waals surface area contributed by atoms with Gasteiger partial charge in [-0.05, 0) is 51.4 Å². The summed E-state index contributed by atoms with van der Waals surface area (Å²) in [5, 5.41) is 0. The van der Waals surface area contributed by atoms with Crippen molar-refractivity contribution in [3.63, 3.8) is 0 Å². The molecule has 0 aromatic heterocycles. The van der Waals surface area contributed by atoms with Crippen molar-refractivity contribution in [2.24, 2.45) is 0 Å². The molecule has 0 amide bonds. The molecular formula is C17H31O6P3. The van der Waals surface area contributed by atoms with Gasteiger partial charge >= 0.3 is 22.8 Å². The van der Waals surface area contributed by atoms with Crippen molar-refractivity contribution in [2.45, 2.75) is 51.4 Å². The molecule has 1 aliphatic rings. The summed E-state index contributed by atoms with van der Waals surface area (Å²) in [5.74, 6) is 0. The van der Waals surface area contributed by atoms with Crippen LogP contribution >= 0.6 is 22.8 Å². The molecule has 0 aliphatic carbocycles. The highest BCUT2D eigenvalue weighted by atomic mass is 31.3. The minimum Gasteiger partial charge on any atom is -0.259 e. The Kier molecular flexibility index (Phi) is 10.6. The van der Waals surface area contributed by atoms with E-state index in [1.54, 1.807) is 18.2 Å². The van der Waals surface area contributed by atoms with Crippen molar-refractivity contribution >= 4 is 22.8 Å². The quantitative estimate of drug-likeness (QED) is 0.165. The predicted octanol–water partition coefficient (Wildman–Crippen LogP) is 7.31. The SMILES string of the molecule is C=CCCCCP1(=O)OP(=O)(CCCC=C)OP(=O)(CCCCC=C)O1. The monoisotopic (exact) mass is 424 g/mol. The zero-order chi connectivity index (χ0) is 19.5. The number of rotatable bonds is 14. The van der Waals surface area contributed by atoms with Gasteiger partial charge in [-0.1, -0.05) is 18.2 Å². The van der Waals surface area contributed by atoms with Gasteiger partial charge in [-0.15, -0.1) is 19.7 Å². The Morgan fingerprint density at radius 2 is 0.846 bits per heavy atom. The van der Waals surface area contributed by atoms with Crippen LogP contribution in [0.25, 0.3) is 0 Å². The van der Waals surface area contributed by atoms with Crippen molar-refractivity contribution in [1.29, 1.82) is 0 Å². The van der Waals surface area contributed by atoms with Gasteiger partial charge in [0.1, 0.15) is 0 Å². The molecule has 0 spiro atoms. The van der Waals surface area contributed by atoms with Gasteiger partial charge < -0.3 is 0 Å². The van der Waals surface area contributed by atoms with Gasteiger partial charge in [0.25, 0.3) is 0 Å². The Labute approximate surface area is 157 Å². The average molecular weight is 424 g/mol.